The Morgan fingerprint density at radius 1 is 1.05 bits per heavy atom. The number of ether oxygens (including phenoxy) is 1. The number of allylic oxidation sites excluding steroid dienone is 2. The molecule has 0 bridgehead atoms. The average molecular weight is 548 g/mol. The summed E-state index contributed by atoms with van der Waals surface area (Å²) in [5.74, 6) is -0.357. The van der Waals surface area contributed by atoms with Crippen LogP contribution in [0.2, 0.25) is 0 Å². The highest BCUT2D eigenvalue weighted by Crippen LogP contribution is 2.43. The van der Waals surface area contributed by atoms with E-state index in [1.165, 1.54) is 0 Å². The van der Waals surface area contributed by atoms with Gasteiger partial charge >= 0.3 is 0 Å². The number of rotatable bonds is 16. The van der Waals surface area contributed by atoms with Gasteiger partial charge in [-0.1, -0.05) is 74.5 Å². The fourth-order valence-corrected chi connectivity index (χ4v) is 5.53. The van der Waals surface area contributed by atoms with Gasteiger partial charge in [0.05, 0.1) is 18.1 Å². The van der Waals surface area contributed by atoms with Crippen LogP contribution in [-0.4, -0.2) is 54.2 Å². The second-order valence-corrected chi connectivity index (χ2v) is 10.5. The summed E-state index contributed by atoms with van der Waals surface area (Å²) in [4.78, 5) is 28.6. The Labute approximate surface area is 239 Å². The number of carbonyl (C=O) groups excluding carboxylic acids is 2. The summed E-state index contributed by atoms with van der Waals surface area (Å²) in [6, 6.07) is 17.6. The molecule has 1 aliphatic carbocycles. The molecule has 2 aromatic rings. The lowest BCUT2D eigenvalue weighted by atomic mass is 9.64. The minimum Gasteiger partial charge on any atom is -0.494 e. The predicted molar refractivity (Wildman–Crippen MR) is 160 cm³/mol. The van der Waals surface area contributed by atoms with E-state index in [0.717, 1.165) is 29.7 Å². The van der Waals surface area contributed by atoms with Crippen molar-refractivity contribution in [1.29, 1.82) is 0 Å². The van der Waals surface area contributed by atoms with Gasteiger partial charge < -0.3 is 25.8 Å². The molecule has 0 saturated carbocycles. The molecule has 7 nitrogen and oxygen atoms in total. The number of hydrogen-bond acceptors (Lipinski definition) is 5. The second kappa shape index (κ2) is 15.4. The molecule has 0 saturated heterocycles. The van der Waals surface area contributed by atoms with Gasteiger partial charge in [-0.3, -0.25) is 9.59 Å². The van der Waals surface area contributed by atoms with Crippen LogP contribution >= 0.6 is 0 Å². The van der Waals surface area contributed by atoms with E-state index in [4.69, 9.17) is 10.5 Å². The summed E-state index contributed by atoms with van der Waals surface area (Å²) < 4.78 is 5.60. The van der Waals surface area contributed by atoms with E-state index in [1.54, 1.807) is 18.2 Å². The van der Waals surface area contributed by atoms with E-state index in [2.05, 4.69) is 5.32 Å². The Kier molecular flexibility index (Phi) is 12.0. The van der Waals surface area contributed by atoms with Crippen molar-refractivity contribution in [2.75, 3.05) is 26.2 Å². The smallest absolute Gasteiger partial charge is 0.249 e. The summed E-state index contributed by atoms with van der Waals surface area (Å²) in [5, 5.41) is 15.0. The number of carbonyl (C=O) groups is 2. The summed E-state index contributed by atoms with van der Waals surface area (Å²) in [6.07, 6.45) is 6.74. The van der Waals surface area contributed by atoms with Gasteiger partial charge in [0.2, 0.25) is 11.8 Å². The molecule has 1 unspecified atom stereocenters. The maximum atomic E-state index is 13.5. The molecule has 7 heteroatoms. The first kappa shape index (κ1) is 31.1. The maximum Gasteiger partial charge on any atom is 0.249 e. The van der Waals surface area contributed by atoms with Crippen LogP contribution in [-0.2, 0) is 22.6 Å². The molecule has 2 aromatic carbocycles. The first-order valence-electron chi connectivity index (χ1n) is 14.5. The molecule has 1 aliphatic rings. The van der Waals surface area contributed by atoms with Crippen molar-refractivity contribution < 1.29 is 19.4 Å². The number of primary amides is 1. The zero-order chi connectivity index (χ0) is 29.0. The molecule has 4 N–H and O–H groups in total. The van der Waals surface area contributed by atoms with Gasteiger partial charge in [0, 0.05) is 37.7 Å². The van der Waals surface area contributed by atoms with E-state index in [1.807, 2.05) is 80.3 Å². The third-order valence-electron chi connectivity index (χ3n) is 7.50. The highest BCUT2D eigenvalue weighted by Gasteiger charge is 2.47. The largest absolute Gasteiger partial charge is 0.494 e. The van der Waals surface area contributed by atoms with Gasteiger partial charge in [0.25, 0.3) is 0 Å². The Balaban J connectivity index is 1.85. The minimum atomic E-state index is -1.21. The molecule has 216 valence electrons. The molecular weight excluding hydrogens is 502 g/mol. The lowest BCUT2D eigenvalue weighted by molar-refractivity contribution is -0.132. The average Bonchev–Trinajstić information content (AvgIpc) is 2.96. The van der Waals surface area contributed by atoms with Gasteiger partial charge in [0.15, 0.2) is 0 Å². The van der Waals surface area contributed by atoms with Crippen molar-refractivity contribution in [3.05, 3.63) is 89.5 Å². The normalized spacial score (nSPS) is 18.1. The van der Waals surface area contributed by atoms with Crippen molar-refractivity contribution >= 4 is 11.8 Å². The van der Waals surface area contributed by atoms with Crippen LogP contribution in [0.15, 0.2) is 78.4 Å². The monoisotopic (exact) mass is 547 g/mol. The third kappa shape index (κ3) is 8.05. The molecule has 0 aliphatic heterocycles. The van der Waals surface area contributed by atoms with Crippen molar-refractivity contribution in [3.8, 4) is 5.75 Å². The standard InChI is InChI=1S/C33H45N3O4/c1-4-18-36(19-5-2)31(38)27-15-11-17-33(22-27,32(34)39)29(21-25-12-8-7-9-13-25)30(37)24-35-23-26-14-10-16-28(20-26)40-6-3/h7-17,20,29-30,35,37H,4-6,18-19,21-24H2,1-3H3,(H2,34,39)/t29-,30+,33?/m1/s1. The molecule has 0 heterocycles. The van der Waals surface area contributed by atoms with Gasteiger partial charge in [-0.05, 0) is 55.9 Å². The second-order valence-electron chi connectivity index (χ2n) is 10.5. The van der Waals surface area contributed by atoms with E-state index < -0.39 is 23.3 Å². The summed E-state index contributed by atoms with van der Waals surface area (Å²) in [7, 11) is 0. The number of benzene rings is 2. The Morgan fingerprint density at radius 2 is 1.75 bits per heavy atom. The molecule has 0 radical (unpaired) electrons. The first-order valence-corrected chi connectivity index (χ1v) is 14.5. The van der Waals surface area contributed by atoms with E-state index >= 15 is 0 Å². The van der Waals surface area contributed by atoms with Crippen LogP contribution in [0.5, 0.6) is 5.75 Å². The maximum absolute atomic E-state index is 13.5. The zero-order valence-corrected chi connectivity index (χ0v) is 24.1. The summed E-state index contributed by atoms with van der Waals surface area (Å²) >= 11 is 0. The summed E-state index contributed by atoms with van der Waals surface area (Å²) in [5.41, 5.74) is 7.49. The first-order chi connectivity index (χ1) is 19.3. The molecule has 3 rings (SSSR count). The number of amides is 2. The molecule has 0 fully saturated rings. The van der Waals surface area contributed by atoms with E-state index in [-0.39, 0.29) is 18.9 Å². The quantitative estimate of drug-likeness (QED) is 0.289. The molecule has 40 heavy (non-hydrogen) atoms. The number of aliphatic hydroxyl groups excluding tert-OH is 1. The molecular formula is C33H45N3O4. The fourth-order valence-electron chi connectivity index (χ4n) is 5.53. The van der Waals surface area contributed by atoms with Crippen LogP contribution in [0.4, 0.5) is 0 Å². The van der Waals surface area contributed by atoms with Crippen LogP contribution in [0.1, 0.15) is 51.2 Å². The molecule has 0 spiro atoms. The number of hydrogen-bond donors (Lipinski definition) is 3. The van der Waals surface area contributed by atoms with Gasteiger partial charge in [-0.2, -0.15) is 0 Å². The summed E-state index contributed by atoms with van der Waals surface area (Å²) in [6.45, 7) is 8.72. The highest BCUT2D eigenvalue weighted by molar-refractivity contribution is 5.96. The van der Waals surface area contributed by atoms with Crippen LogP contribution in [0.25, 0.3) is 0 Å². The van der Waals surface area contributed by atoms with Gasteiger partial charge in [-0.15, -0.1) is 0 Å². The molecule has 2 amide bonds. The minimum absolute atomic E-state index is 0.0704. The molecule has 0 aromatic heterocycles. The van der Waals surface area contributed by atoms with Gasteiger partial charge in [0.1, 0.15) is 5.75 Å². The van der Waals surface area contributed by atoms with Crippen molar-refractivity contribution in [2.24, 2.45) is 17.1 Å². The fraction of sp³-hybridized carbons (Fsp3) is 0.455. The van der Waals surface area contributed by atoms with Gasteiger partial charge in [-0.25, -0.2) is 0 Å². The zero-order valence-electron chi connectivity index (χ0n) is 24.1. The van der Waals surface area contributed by atoms with E-state index in [0.29, 0.717) is 38.2 Å². The van der Waals surface area contributed by atoms with Crippen LogP contribution in [0, 0.1) is 11.3 Å². The lowest BCUT2D eigenvalue weighted by Crippen LogP contribution is -2.51. The van der Waals surface area contributed by atoms with Crippen molar-refractivity contribution in [1.82, 2.24) is 10.2 Å². The predicted octanol–water partition coefficient (Wildman–Crippen LogP) is 4.40. The lowest BCUT2D eigenvalue weighted by Gasteiger charge is -2.41. The third-order valence-corrected chi connectivity index (χ3v) is 7.50. The van der Waals surface area contributed by atoms with Crippen molar-refractivity contribution in [2.45, 2.75) is 59.1 Å². The topological polar surface area (TPSA) is 105 Å². The number of nitrogens with two attached hydrogens (primary N) is 1. The number of aliphatic hydroxyl groups is 1. The Bertz CT molecular complexity index is 1160. The highest BCUT2D eigenvalue weighted by atomic mass is 16.5. The SMILES string of the molecule is CCCN(CCC)C(=O)C1=CC=CC(C(N)=O)([C@H](Cc2ccccc2)[C@@H](O)CNCc2cccc(OCC)c2)C1. The molecule has 3 atom stereocenters. The van der Waals surface area contributed by atoms with Crippen molar-refractivity contribution in [3.63, 3.8) is 0 Å². The number of nitrogens with zero attached hydrogens (tertiary/aromatic N) is 1. The van der Waals surface area contributed by atoms with Crippen LogP contribution < -0.4 is 15.8 Å². The Hall–Kier alpha value is -3.42. The van der Waals surface area contributed by atoms with E-state index in [9.17, 15) is 14.7 Å². The van der Waals surface area contributed by atoms with Crippen LogP contribution in [0.3, 0.4) is 0 Å². The Morgan fingerprint density at radius 3 is 2.40 bits per heavy atom. The number of nitrogens with one attached hydrogen (secondary N) is 1.